The maximum absolute atomic E-state index is 13.7. The molecule has 2 aromatic carbocycles. The summed E-state index contributed by atoms with van der Waals surface area (Å²) in [6.07, 6.45) is 3.15. The van der Waals surface area contributed by atoms with Crippen molar-refractivity contribution in [3.8, 4) is 0 Å². The number of hydrogen-bond donors (Lipinski definition) is 1. The normalized spacial score (nSPS) is 12.2. The molecule has 10 heteroatoms. The van der Waals surface area contributed by atoms with Crippen molar-refractivity contribution in [1.29, 1.82) is 0 Å². The fourth-order valence-electron chi connectivity index (χ4n) is 3.66. The van der Waals surface area contributed by atoms with Gasteiger partial charge in [0.15, 0.2) is 0 Å². The lowest BCUT2D eigenvalue weighted by Crippen LogP contribution is -2.52. The summed E-state index contributed by atoms with van der Waals surface area (Å²) in [6.45, 7) is 5.76. The first-order chi connectivity index (χ1) is 16.5. The molecule has 0 aromatic heterocycles. The summed E-state index contributed by atoms with van der Waals surface area (Å²) in [6, 6.07) is 11.1. The van der Waals surface area contributed by atoms with E-state index in [1.165, 1.54) is 11.0 Å². The lowest BCUT2D eigenvalue weighted by Gasteiger charge is -2.33. The van der Waals surface area contributed by atoms with Crippen LogP contribution in [-0.2, 0) is 26.2 Å². The Kier molecular flexibility index (Phi) is 10.9. The standard InChI is InChI=1S/C25H33Cl2N3O4S/c1-5-7-14-28-25(32)22(6-2)29(16-19-9-12-20(26)13-10-19)24(31)17-30(35(4,33)34)23-15-21(27)11-8-18(23)3/h8-13,15,22H,5-7,14,16-17H2,1-4H3,(H,28,32). The van der Waals surface area contributed by atoms with Crippen LogP contribution in [0.5, 0.6) is 0 Å². The van der Waals surface area contributed by atoms with Crippen LogP contribution in [0.15, 0.2) is 42.5 Å². The van der Waals surface area contributed by atoms with Gasteiger partial charge in [-0.3, -0.25) is 13.9 Å². The fourth-order valence-corrected chi connectivity index (χ4v) is 4.85. The third-order valence-electron chi connectivity index (χ3n) is 5.60. The van der Waals surface area contributed by atoms with E-state index < -0.39 is 28.5 Å². The van der Waals surface area contributed by atoms with E-state index >= 15 is 0 Å². The Labute approximate surface area is 218 Å². The van der Waals surface area contributed by atoms with E-state index in [1.807, 2.05) is 13.8 Å². The largest absolute Gasteiger partial charge is 0.354 e. The van der Waals surface area contributed by atoms with Crippen molar-refractivity contribution in [1.82, 2.24) is 10.2 Å². The maximum atomic E-state index is 13.7. The van der Waals surface area contributed by atoms with Gasteiger partial charge in [0.25, 0.3) is 0 Å². The van der Waals surface area contributed by atoms with E-state index in [4.69, 9.17) is 23.2 Å². The van der Waals surface area contributed by atoms with Gasteiger partial charge in [-0.25, -0.2) is 8.42 Å². The molecule has 0 spiro atoms. The molecule has 1 atom stereocenters. The molecule has 1 N–H and O–H groups in total. The van der Waals surface area contributed by atoms with Gasteiger partial charge in [-0.2, -0.15) is 0 Å². The van der Waals surface area contributed by atoms with Gasteiger partial charge in [-0.05, 0) is 55.2 Å². The average Bonchev–Trinajstić information content (AvgIpc) is 2.79. The number of aryl methyl sites for hydroxylation is 1. The first kappa shape index (κ1) is 28.9. The van der Waals surface area contributed by atoms with E-state index in [2.05, 4.69) is 5.32 Å². The molecule has 2 aromatic rings. The summed E-state index contributed by atoms with van der Waals surface area (Å²) < 4.78 is 26.5. The van der Waals surface area contributed by atoms with Crippen LogP contribution in [0.2, 0.25) is 10.0 Å². The number of hydrogen-bond acceptors (Lipinski definition) is 4. The first-order valence-electron chi connectivity index (χ1n) is 11.5. The molecule has 1 unspecified atom stereocenters. The smallest absolute Gasteiger partial charge is 0.244 e. The minimum atomic E-state index is -3.83. The number of rotatable bonds is 12. The zero-order valence-corrected chi connectivity index (χ0v) is 22.9. The quantitative estimate of drug-likeness (QED) is 0.391. The zero-order chi connectivity index (χ0) is 26.2. The summed E-state index contributed by atoms with van der Waals surface area (Å²) in [5, 5.41) is 3.80. The van der Waals surface area contributed by atoms with Crippen molar-refractivity contribution in [3.63, 3.8) is 0 Å². The van der Waals surface area contributed by atoms with Crippen LogP contribution in [0.1, 0.15) is 44.2 Å². The molecule has 0 fully saturated rings. The second-order valence-corrected chi connectivity index (χ2v) is 11.2. The number of anilines is 1. The first-order valence-corrected chi connectivity index (χ1v) is 14.1. The molecular weight excluding hydrogens is 509 g/mol. The van der Waals surface area contributed by atoms with Gasteiger partial charge in [0, 0.05) is 23.1 Å². The summed E-state index contributed by atoms with van der Waals surface area (Å²) >= 11 is 12.1. The van der Waals surface area contributed by atoms with Crippen molar-refractivity contribution in [2.75, 3.05) is 23.7 Å². The molecule has 0 saturated carbocycles. The Hall–Kier alpha value is -2.29. The highest BCUT2D eigenvalue weighted by molar-refractivity contribution is 7.92. The highest BCUT2D eigenvalue weighted by Crippen LogP contribution is 2.27. The van der Waals surface area contributed by atoms with Gasteiger partial charge in [0.05, 0.1) is 11.9 Å². The third kappa shape index (κ3) is 8.40. The molecule has 0 aliphatic carbocycles. The molecular formula is C25H33Cl2N3O4S. The zero-order valence-electron chi connectivity index (χ0n) is 20.6. The number of nitrogens with zero attached hydrogens (tertiary/aromatic N) is 2. The van der Waals surface area contributed by atoms with E-state index in [1.54, 1.807) is 43.3 Å². The van der Waals surface area contributed by atoms with Crippen molar-refractivity contribution < 1.29 is 18.0 Å². The Bertz CT molecular complexity index is 1120. The van der Waals surface area contributed by atoms with Crippen LogP contribution in [0.4, 0.5) is 5.69 Å². The summed E-state index contributed by atoms with van der Waals surface area (Å²) in [4.78, 5) is 28.1. The molecule has 0 aliphatic heterocycles. The summed E-state index contributed by atoms with van der Waals surface area (Å²) in [7, 11) is -3.83. The number of carbonyl (C=O) groups is 2. The lowest BCUT2D eigenvalue weighted by molar-refractivity contribution is -0.140. The van der Waals surface area contributed by atoms with Crippen LogP contribution in [0.3, 0.4) is 0 Å². The average molecular weight is 543 g/mol. The van der Waals surface area contributed by atoms with E-state index in [0.717, 1.165) is 29.0 Å². The molecule has 0 bridgehead atoms. The monoisotopic (exact) mass is 541 g/mol. The predicted molar refractivity (Wildman–Crippen MR) is 142 cm³/mol. The molecule has 35 heavy (non-hydrogen) atoms. The van der Waals surface area contributed by atoms with Gasteiger partial charge in [0.2, 0.25) is 21.8 Å². The van der Waals surface area contributed by atoms with Gasteiger partial charge in [0.1, 0.15) is 12.6 Å². The van der Waals surface area contributed by atoms with E-state index in [9.17, 15) is 18.0 Å². The second-order valence-electron chi connectivity index (χ2n) is 8.42. The van der Waals surface area contributed by atoms with Crippen LogP contribution in [0.25, 0.3) is 0 Å². The van der Waals surface area contributed by atoms with Crippen molar-refractivity contribution >= 4 is 50.7 Å². The van der Waals surface area contributed by atoms with Crippen LogP contribution in [-0.4, -0.2) is 50.5 Å². The topological polar surface area (TPSA) is 86.8 Å². The van der Waals surface area contributed by atoms with Crippen LogP contribution < -0.4 is 9.62 Å². The minimum Gasteiger partial charge on any atom is -0.354 e. The second kappa shape index (κ2) is 13.1. The Balaban J connectivity index is 2.43. The number of nitrogens with one attached hydrogen (secondary N) is 1. The number of benzene rings is 2. The lowest BCUT2D eigenvalue weighted by atomic mass is 10.1. The molecule has 2 amide bonds. The molecule has 0 radical (unpaired) electrons. The molecule has 192 valence electrons. The number of amides is 2. The number of halogens is 2. The van der Waals surface area contributed by atoms with Gasteiger partial charge in [-0.1, -0.05) is 61.7 Å². The van der Waals surface area contributed by atoms with Crippen molar-refractivity contribution in [2.45, 2.75) is 52.6 Å². The molecule has 0 aliphatic rings. The third-order valence-corrected chi connectivity index (χ3v) is 7.21. The SMILES string of the molecule is CCCCNC(=O)C(CC)N(Cc1ccc(Cl)cc1)C(=O)CN(c1cc(Cl)ccc1C)S(C)(=O)=O. The summed E-state index contributed by atoms with van der Waals surface area (Å²) in [5.74, 6) is -0.768. The van der Waals surface area contributed by atoms with Crippen molar-refractivity contribution in [2.24, 2.45) is 0 Å². The van der Waals surface area contributed by atoms with Crippen LogP contribution >= 0.6 is 23.2 Å². The molecule has 0 saturated heterocycles. The minimum absolute atomic E-state index is 0.127. The van der Waals surface area contributed by atoms with Gasteiger partial charge >= 0.3 is 0 Å². The molecule has 0 heterocycles. The highest BCUT2D eigenvalue weighted by Gasteiger charge is 2.32. The number of sulfonamides is 1. The number of unbranched alkanes of at least 4 members (excludes halogenated alkanes) is 1. The Morgan fingerprint density at radius 2 is 1.66 bits per heavy atom. The highest BCUT2D eigenvalue weighted by atomic mass is 35.5. The Morgan fingerprint density at radius 3 is 2.23 bits per heavy atom. The summed E-state index contributed by atoms with van der Waals surface area (Å²) in [5.41, 5.74) is 1.74. The maximum Gasteiger partial charge on any atom is 0.244 e. The van der Waals surface area contributed by atoms with E-state index in [-0.39, 0.29) is 12.5 Å². The predicted octanol–water partition coefficient (Wildman–Crippen LogP) is 4.79. The van der Waals surface area contributed by atoms with Crippen molar-refractivity contribution in [3.05, 3.63) is 63.6 Å². The molecule has 2 rings (SSSR count). The van der Waals surface area contributed by atoms with E-state index in [0.29, 0.717) is 34.3 Å². The Morgan fingerprint density at radius 1 is 1.03 bits per heavy atom. The van der Waals surface area contributed by atoms with Gasteiger partial charge in [-0.15, -0.1) is 0 Å². The molecule has 7 nitrogen and oxygen atoms in total. The number of carbonyl (C=O) groups excluding carboxylic acids is 2. The fraction of sp³-hybridized carbons (Fsp3) is 0.440. The van der Waals surface area contributed by atoms with Gasteiger partial charge < -0.3 is 10.2 Å². The van der Waals surface area contributed by atoms with Crippen LogP contribution in [0, 0.1) is 6.92 Å².